The largest absolute Gasteiger partial charge is 0.383 e. The van der Waals surface area contributed by atoms with Crippen LogP contribution in [0.2, 0.25) is 10.0 Å². The normalized spacial score (nSPS) is 20.4. The Labute approximate surface area is 262 Å². The van der Waals surface area contributed by atoms with Crippen LogP contribution in [0.25, 0.3) is 0 Å². The number of benzene rings is 3. The fraction of sp³-hybridized carbons (Fsp3) is 0.233. The van der Waals surface area contributed by atoms with E-state index in [0.717, 1.165) is 4.90 Å². The number of rotatable bonds is 8. The van der Waals surface area contributed by atoms with Gasteiger partial charge in [0, 0.05) is 26.1 Å². The fourth-order valence-corrected chi connectivity index (χ4v) is 6.65. The van der Waals surface area contributed by atoms with E-state index >= 15 is 0 Å². The van der Waals surface area contributed by atoms with Crippen LogP contribution in [0.1, 0.15) is 22.6 Å². The average Bonchev–Trinajstić information content (AvgIpc) is 2.98. The number of nitrogens with two attached hydrogens (primary N) is 4. The van der Waals surface area contributed by atoms with Gasteiger partial charge in [-0.25, -0.2) is 4.79 Å². The first kappa shape index (κ1) is 32.3. The van der Waals surface area contributed by atoms with E-state index < -0.39 is 58.7 Å². The lowest BCUT2D eigenvalue weighted by Gasteiger charge is -2.62. The first-order chi connectivity index (χ1) is 20.7. The third-order valence-corrected chi connectivity index (χ3v) is 8.96. The first-order valence-corrected chi connectivity index (χ1v) is 13.9. The summed E-state index contributed by atoms with van der Waals surface area (Å²) >= 11 is 12.5. The minimum Gasteiger partial charge on any atom is -0.383 e. The van der Waals surface area contributed by atoms with Gasteiger partial charge in [-0.2, -0.15) is 0 Å². The molecule has 4 rings (SSSR count). The van der Waals surface area contributed by atoms with Crippen LogP contribution in [-0.2, 0) is 31.3 Å². The lowest BCUT2D eigenvalue weighted by atomic mass is 9.48. The second-order valence-corrected chi connectivity index (χ2v) is 11.3. The van der Waals surface area contributed by atoms with Crippen LogP contribution in [-0.4, -0.2) is 63.7 Å². The Morgan fingerprint density at radius 1 is 0.818 bits per heavy atom. The Bertz CT molecular complexity index is 1610. The highest BCUT2D eigenvalue weighted by molar-refractivity contribution is 6.42. The molecular formula is C30H30Cl2N6O6. The molecule has 0 bridgehead atoms. The highest BCUT2D eigenvalue weighted by Gasteiger charge is 2.83. The smallest absolute Gasteiger partial charge is 0.321 e. The number of carbonyl (C=O) groups excluding carboxylic acids is 5. The van der Waals surface area contributed by atoms with Gasteiger partial charge < -0.3 is 32.9 Å². The van der Waals surface area contributed by atoms with Crippen LogP contribution >= 0.6 is 23.2 Å². The van der Waals surface area contributed by atoms with Crippen LogP contribution in [0.4, 0.5) is 4.79 Å². The predicted octanol–water partition coefficient (Wildman–Crippen LogP) is 1.20. The first-order valence-electron chi connectivity index (χ1n) is 13.2. The molecule has 1 fully saturated rings. The number of hydrogen-bond acceptors (Lipinski definition) is 6. The van der Waals surface area contributed by atoms with Gasteiger partial charge in [0.2, 0.25) is 22.8 Å². The lowest BCUT2D eigenvalue weighted by molar-refractivity contribution is -0.212. The number of urea groups is 1. The molecule has 230 valence electrons. The number of likely N-dealkylation sites (tertiary alicyclic amines) is 1. The van der Waals surface area contributed by atoms with Crippen LogP contribution in [0.3, 0.4) is 0 Å². The van der Waals surface area contributed by atoms with E-state index in [1.54, 1.807) is 36.4 Å². The van der Waals surface area contributed by atoms with Crippen molar-refractivity contribution in [1.82, 2.24) is 9.80 Å². The van der Waals surface area contributed by atoms with E-state index in [9.17, 15) is 29.1 Å². The van der Waals surface area contributed by atoms with Crippen molar-refractivity contribution in [1.29, 1.82) is 0 Å². The summed E-state index contributed by atoms with van der Waals surface area (Å²) in [6.45, 7) is -0.750. The summed E-state index contributed by atoms with van der Waals surface area (Å²) in [7, 11) is 1.35. The maximum Gasteiger partial charge on any atom is 0.321 e. The number of amides is 6. The molecule has 1 aliphatic rings. The Balaban J connectivity index is 2.15. The minimum atomic E-state index is -3.46. The summed E-state index contributed by atoms with van der Waals surface area (Å²) in [5, 5.41) is 13.1. The van der Waals surface area contributed by atoms with E-state index in [-0.39, 0.29) is 27.7 Å². The molecule has 0 radical (unpaired) electrons. The molecule has 6 amide bonds. The second-order valence-electron chi connectivity index (χ2n) is 10.5. The summed E-state index contributed by atoms with van der Waals surface area (Å²) in [6, 6.07) is 18.9. The number of hydrogen-bond donors (Lipinski definition) is 5. The Morgan fingerprint density at radius 2 is 1.34 bits per heavy atom. The SMILES string of the molecule is CN(Cc1ccccc1)C(=O)N1CC(c2ccc(Cl)c(Cl)c2)C(O)(c2ccccc2)C(C(N)=O)(C(N)=O)C1(C(N)=O)C(N)=O. The highest BCUT2D eigenvalue weighted by Crippen LogP contribution is 2.60. The zero-order valence-corrected chi connectivity index (χ0v) is 25.0. The van der Waals surface area contributed by atoms with Gasteiger partial charge >= 0.3 is 6.03 Å². The summed E-state index contributed by atoms with van der Waals surface area (Å²) < 4.78 is 0. The molecule has 2 atom stereocenters. The van der Waals surface area contributed by atoms with Crippen LogP contribution in [0.15, 0.2) is 78.9 Å². The van der Waals surface area contributed by atoms with Crippen molar-refractivity contribution in [3.05, 3.63) is 106 Å². The summed E-state index contributed by atoms with van der Waals surface area (Å²) in [4.78, 5) is 70.9. The van der Waals surface area contributed by atoms with E-state index in [1.807, 2.05) is 0 Å². The molecule has 2 unspecified atom stereocenters. The maximum atomic E-state index is 14.3. The average molecular weight is 642 g/mol. The molecule has 1 saturated heterocycles. The second kappa shape index (κ2) is 11.8. The van der Waals surface area contributed by atoms with E-state index in [0.29, 0.717) is 10.5 Å². The Kier molecular flexibility index (Phi) is 8.65. The number of carbonyl (C=O) groups is 5. The van der Waals surface area contributed by atoms with E-state index in [1.165, 1.54) is 49.5 Å². The summed E-state index contributed by atoms with van der Waals surface area (Å²) in [5.41, 5.74) is 14.4. The Hall–Kier alpha value is -4.65. The molecule has 3 aromatic carbocycles. The van der Waals surface area contributed by atoms with Crippen LogP contribution in [0.5, 0.6) is 0 Å². The number of nitrogens with zero attached hydrogens (tertiary/aromatic N) is 2. The topological polar surface area (TPSA) is 216 Å². The van der Waals surface area contributed by atoms with Gasteiger partial charge in [-0.1, -0.05) is 89.9 Å². The van der Waals surface area contributed by atoms with Crippen LogP contribution < -0.4 is 22.9 Å². The predicted molar refractivity (Wildman–Crippen MR) is 161 cm³/mol. The quantitative estimate of drug-likeness (QED) is 0.228. The van der Waals surface area contributed by atoms with Crippen molar-refractivity contribution in [2.75, 3.05) is 13.6 Å². The van der Waals surface area contributed by atoms with Crippen molar-refractivity contribution in [3.8, 4) is 0 Å². The van der Waals surface area contributed by atoms with Crippen molar-refractivity contribution < 1.29 is 29.1 Å². The lowest BCUT2D eigenvalue weighted by Crippen LogP contribution is -2.88. The molecule has 1 aliphatic heterocycles. The highest BCUT2D eigenvalue weighted by atomic mass is 35.5. The molecule has 9 N–H and O–H groups in total. The molecular weight excluding hydrogens is 611 g/mol. The van der Waals surface area contributed by atoms with Gasteiger partial charge in [0.1, 0.15) is 5.60 Å². The number of halogens is 2. The van der Waals surface area contributed by atoms with Crippen molar-refractivity contribution in [2.45, 2.75) is 23.6 Å². The van der Waals surface area contributed by atoms with Crippen molar-refractivity contribution in [2.24, 2.45) is 28.3 Å². The minimum absolute atomic E-state index is 0.0176. The zero-order valence-electron chi connectivity index (χ0n) is 23.4. The van der Waals surface area contributed by atoms with Gasteiger partial charge in [0.05, 0.1) is 10.0 Å². The molecule has 14 heteroatoms. The molecule has 12 nitrogen and oxygen atoms in total. The number of aliphatic hydroxyl groups is 1. The fourth-order valence-electron chi connectivity index (χ4n) is 6.34. The van der Waals surface area contributed by atoms with Crippen molar-refractivity contribution >= 4 is 52.9 Å². The van der Waals surface area contributed by atoms with Gasteiger partial charge in [-0.05, 0) is 28.8 Å². The van der Waals surface area contributed by atoms with Gasteiger partial charge in [0.15, 0.2) is 0 Å². The standard InChI is InChI=1S/C30H30Cl2N6O6/c1-37(15-17-8-4-2-5-9-17)27(43)38-16-20(18-12-13-21(31)22(32)14-18)30(44,19-10-6-3-7-11-19)28(23(33)39,24(34)40)29(38,25(35)41)26(36)42/h2-14,20,44H,15-16H2,1H3,(H2,33,39)(H2,34,40)(H2,35,41)(H2,36,42). The van der Waals surface area contributed by atoms with E-state index in [2.05, 4.69) is 0 Å². The number of piperidine rings is 1. The van der Waals surface area contributed by atoms with Gasteiger partial charge in [-0.3, -0.25) is 24.1 Å². The molecule has 0 spiro atoms. The number of primary amides is 4. The summed E-state index contributed by atoms with van der Waals surface area (Å²) in [6.07, 6.45) is 0. The summed E-state index contributed by atoms with van der Waals surface area (Å²) in [5.74, 6) is -8.40. The molecule has 0 aromatic heterocycles. The third-order valence-electron chi connectivity index (χ3n) is 8.22. The molecule has 1 heterocycles. The van der Waals surface area contributed by atoms with E-state index in [4.69, 9.17) is 46.1 Å². The Morgan fingerprint density at radius 3 is 1.82 bits per heavy atom. The third kappa shape index (κ3) is 4.53. The maximum absolute atomic E-state index is 14.3. The van der Waals surface area contributed by atoms with Crippen molar-refractivity contribution in [3.63, 3.8) is 0 Å². The molecule has 0 saturated carbocycles. The van der Waals surface area contributed by atoms with Gasteiger partial charge in [0.25, 0.3) is 11.8 Å². The molecule has 0 aliphatic carbocycles. The molecule has 3 aromatic rings. The molecule has 44 heavy (non-hydrogen) atoms. The zero-order chi connectivity index (χ0) is 32.6. The van der Waals surface area contributed by atoms with Gasteiger partial charge in [-0.15, -0.1) is 0 Å². The monoisotopic (exact) mass is 640 g/mol. The van der Waals surface area contributed by atoms with Crippen LogP contribution in [0, 0.1) is 5.41 Å².